The van der Waals surface area contributed by atoms with Gasteiger partial charge >= 0.3 is 21.1 Å². The molecule has 368 valence electrons. The van der Waals surface area contributed by atoms with E-state index in [-0.39, 0.29) is 55.5 Å². The van der Waals surface area contributed by atoms with Crippen molar-refractivity contribution < 1.29 is 26.2 Å². The van der Waals surface area contributed by atoms with E-state index in [0.29, 0.717) is 11.4 Å². The Balaban J connectivity index is 0.00000656. The summed E-state index contributed by atoms with van der Waals surface area (Å²) in [6.45, 7) is 22.3. The number of para-hydroxylation sites is 1. The fourth-order valence-electron chi connectivity index (χ4n) is 9.97. The van der Waals surface area contributed by atoms with Crippen LogP contribution in [0.2, 0.25) is 0 Å². The zero-order valence-corrected chi connectivity index (χ0v) is 46.0. The van der Waals surface area contributed by atoms with Gasteiger partial charge in [-0.15, -0.1) is 34.9 Å². The minimum atomic E-state index is -0.272. The van der Waals surface area contributed by atoms with E-state index >= 15 is 0 Å². The summed E-state index contributed by atoms with van der Waals surface area (Å²) in [5, 5.41) is 17.6. The third-order valence-corrected chi connectivity index (χ3v) is 14.3. The number of aromatic hydroxyl groups is 1. The minimum Gasteiger partial charge on any atom is -0.682 e. The predicted octanol–water partition coefficient (Wildman–Crippen LogP) is 18.7. The molecular weight excluding hydrogens is 1070 g/mol. The average Bonchev–Trinajstić information content (AvgIpc) is 3.78. The molecule has 0 aliphatic carbocycles. The minimum absolute atomic E-state index is 0. The first-order valence-corrected chi connectivity index (χ1v) is 25.5. The van der Waals surface area contributed by atoms with Crippen LogP contribution in [0.15, 0.2) is 188 Å². The molecule has 1 atom stereocenters. The van der Waals surface area contributed by atoms with Gasteiger partial charge in [0.15, 0.2) is 0 Å². The van der Waals surface area contributed by atoms with E-state index in [4.69, 9.17) is 10.3 Å². The Morgan fingerprint density at radius 1 is 0.562 bits per heavy atom. The van der Waals surface area contributed by atoms with Crippen molar-refractivity contribution in [3.63, 3.8) is 0 Å². The summed E-state index contributed by atoms with van der Waals surface area (Å²) in [6, 6.07) is 64.7. The van der Waals surface area contributed by atoms with Crippen LogP contribution in [-0.2, 0) is 31.9 Å². The molecule has 73 heavy (non-hydrogen) atoms. The van der Waals surface area contributed by atoms with Crippen LogP contribution in [0.4, 0.5) is 0 Å². The Morgan fingerprint density at radius 2 is 1.16 bits per heavy atom. The van der Waals surface area contributed by atoms with Crippen LogP contribution in [-0.4, -0.2) is 14.7 Å². The average molecular weight is 1140 g/mol. The van der Waals surface area contributed by atoms with Crippen molar-refractivity contribution >= 4 is 16.6 Å². The third kappa shape index (κ3) is 10.3. The van der Waals surface area contributed by atoms with Crippen molar-refractivity contribution in [2.45, 2.75) is 97.9 Å². The number of allylic oxidation sites excluding steroid dienone is 2. The third-order valence-electron chi connectivity index (χ3n) is 14.3. The van der Waals surface area contributed by atoms with Gasteiger partial charge in [-0.2, -0.15) is 6.20 Å². The van der Waals surface area contributed by atoms with Gasteiger partial charge in [-0.25, -0.2) is 4.98 Å². The molecule has 0 bridgehead atoms. The second-order valence-electron chi connectivity index (χ2n) is 22.1. The molecule has 1 N–H and O–H groups in total. The van der Waals surface area contributed by atoms with Crippen molar-refractivity contribution in [3.8, 4) is 67.3 Å². The molecule has 1 aromatic heterocycles. The molecule has 0 amide bonds. The number of fused-ring (bicyclic) bond motifs is 1. The topological polar surface area (TPSA) is 52.2 Å². The van der Waals surface area contributed by atoms with E-state index < -0.39 is 0 Å². The van der Waals surface area contributed by atoms with Crippen molar-refractivity contribution in [2.24, 2.45) is 0 Å². The van der Waals surface area contributed by atoms with Gasteiger partial charge in [0.25, 0.3) is 0 Å². The summed E-state index contributed by atoms with van der Waals surface area (Å²) in [5.41, 5.74) is 19.8. The molecule has 1 aliphatic heterocycles. The Hall–Kier alpha value is -7.00. The van der Waals surface area contributed by atoms with Crippen LogP contribution in [0.25, 0.3) is 83.5 Å². The van der Waals surface area contributed by atoms with Gasteiger partial charge in [0, 0.05) is 5.56 Å². The number of nitrogens with zero attached hydrogens (tertiary/aromatic N) is 3. The number of imidazole rings is 1. The predicted molar refractivity (Wildman–Crippen MR) is 304 cm³/mol. The first kappa shape index (κ1) is 50.9. The first-order chi connectivity index (χ1) is 34.5. The van der Waals surface area contributed by atoms with Crippen molar-refractivity contribution in [1.82, 2.24) is 9.55 Å². The Bertz CT molecular complexity index is 3490. The number of benzene rings is 8. The van der Waals surface area contributed by atoms with Crippen LogP contribution in [0.3, 0.4) is 0 Å². The number of aromatic nitrogens is 2. The summed E-state index contributed by atoms with van der Waals surface area (Å²) in [6.07, 6.45) is 6.29. The van der Waals surface area contributed by atoms with Gasteiger partial charge in [0.2, 0.25) is 0 Å². The van der Waals surface area contributed by atoms with E-state index in [2.05, 4.69) is 262 Å². The van der Waals surface area contributed by atoms with Gasteiger partial charge in [0.1, 0.15) is 11.6 Å². The molecule has 5 heteroatoms. The Morgan fingerprint density at radius 3 is 1.79 bits per heavy atom. The molecule has 0 spiro atoms. The van der Waals surface area contributed by atoms with Crippen molar-refractivity contribution in [2.75, 3.05) is 0 Å². The molecule has 2 heterocycles. The maximum Gasteiger partial charge on any atom is 2.00 e. The molecule has 0 saturated heterocycles. The molecule has 0 radical (unpaired) electrons. The molecule has 10 rings (SSSR count). The molecule has 9 aromatic rings. The van der Waals surface area contributed by atoms with Crippen LogP contribution >= 0.6 is 0 Å². The fourth-order valence-corrected chi connectivity index (χ4v) is 9.97. The van der Waals surface area contributed by atoms with E-state index in [1.165, 1.54) is 22.3 Å². The number of phenolic OH excluding ortho intramolecular Hbond substituents is 1. The molecule has 1 aliphatic rings. The summed E-state index contributed by atoms with van der Waals surface area (Å²) in [4.78, 5) is 5.73. The van der Waals surface area contributed by atoms with Gasteiger partial charge in [-0.3, -0.25) is 4.57 Å². The van der Waals surface area contributed by atoms with E-state index in [1.807, 2.05) is 6.20 Å². The zero-order valence-electron chi connectivity index (χ0n) is 43.7. The maximum absolute atomic E-state index is 12.5. The van der Waals surface area contributed by atoms with Gasteiger partial charge in [0.05, 0.1) is 22.3 Å². The Kier molecular flexibility index (Phi) is 14.3. The summed E-state index contributed by atoms with van der Waals surface area (Å²) < 4.78 is 2.31. The van der Waals surface area contributed by atoms with Gasteiger partial charge in [-0.05, 0) is 96.5 Å². The second-order valence-corrected chi connectivity index (χ2v) is 22.1. The van der Waals surface area contributed by atoms with E-state index in [0.717, 1.165) is 77.9 Å². The molecular formula is C68H65N3OPt. The number of rotatable bonds is 10. The summed E-state index contributed by atoms with van der Waals surface area (Å²) in [7, 11) is 0. The number of hydrogen-bond donors (Lipinski definition) is 1. The maximum atomic E-state index is 12.5. The molecule has 1 unspecified atom stereocenters. The van der Waals surface area contributed by atoms with E-state index in [9.17, 15) is 5.11 Å². The van der Waals surface area contributed by atoms with Crippen molar-refractivity contribution in [1.29, 1.82) is 0 Å². The van der Waals surface area contributed by atoms with Crippen molar-refractivity contribution in [3.05, 3.63) is 233 Å². The summed E-state index contributed by atoms with van der Waals surface area (Å²) in [5.74, 6) is 1.28. The van der Waals surface area contributed by atoms with Crippen LogP contribution in [0.1, 0.15) is 120 Å². The molecule has 8 aromatic carbocycles. The Labute approximate surface area is 447 Å². The smallest absolute Gasteiger partial charge is 0.682 e. The SMILES string of the molecule is CC(C)c1cc(-c2nc3c(-c4[c-]c(C5C=C(c6ccc(-c7ccccc7)cc6)C=C[N-]5)cc(-c5ccccc5)c4)cccc3n2-c2cc(C(C)(C)C)ccc2-c2ccc(C(C)(C)C)cc2)c(O)c(C(C)C)c1.[Pt+2]. The quantitative estimate of drug-likeness (QED) is 0.139. The molecule has 4 nitrogen and oxygen atoms in total. The van der Waals surface area contributed by atoms with Crippen LogP contribution in [0, 0.1) is 6.07 Å². The summed E-state index contributed by atoms with van der Waals surface area (Å²) >= 11 is 0. The standard InChI is InChI=1S/C68H65N3O.Pt/c1-43(2)51-39-59(44(3)4)65(72)60(40-51)66-70-64-58(22-17-23-62(64)71(66)63-42-56(68(8,9)10)32-33-57(63)49-28-30-55(31-29-49)67(5,6)7)53-36-52(46-20-15-12-16-21-46)37-54(38-53)61-41-50(34-35-69-61)48-26-24-47(25-27-48)45-18-13-11-14-19-45;/h11-37,39-44,61H,1-10H3,(H,70,72);/q-2;+2. The van der Waals surface area contributed by atoms with Gasteiger partial charge < -0.3 is 10.4 Å². The van der Waals surface area contributed by atoms with Crippen LogP contribution < -0.4 is 0 Å². The molecule has 0 fully saturated rings. The molecule has 0 saturated carbocycles. The fraction of sp³-hybridized carbons (Fsp3) is 0.221. The monoisotopic (exact) mass is 1130 g/mol. The van der Waals surface area contributed by atoms with E-state index in [1.54, 1.807) is 0 Å². The normalized spacial score (nSPS) is 13.8. The van der Waals surface area contributed by atoms with Crippen LogP contribution in [0.5, 0.6) is 5.75 Å². The number of hydrogen-bond acceptors (Lipinski definition) is 2. The second kappa shape index (κ2) is 20.5. The first-order valence-electron chi connectivity index (χ1n) is 25.5. The number of phenols is 1. The largest absolute Gasteiger partial charge is 2.00 e. The van der Waals surface area contributed by atoms with Gasteiger partial charge in [-0.1, -0.05) is 233 Å². The zero-order chi connectivity index (χ0) is 50.5.